The molecule has 2 aromatic rings. The van der Waals surface area contributed by atoms with Crippen molar-refractivity contribution >= 4 is 5.71 Å². The van der Waals surface area contributed by atoms with Gasteiger partial charge in [-0.05, 0) is 37.5 Å². The number of hydrogen-bond acceptors (Lipinski definition) is 1. The monoisotopic (exact) mass is 210 g/mol. The lowest BCUT2D eigenvalue weighted by Crippen LogP contribution is -2.14. The summed E-state index contributed by atoms with van der Waals surface area (Å²) in [6, 6.07) is 14.7. The molecule has 0 unspecified atom stereocenters. The van der Waals surface area contributed by atoms with Crippen LogP contribution in [0.5, 0.6) is 0 Å². The van der Waals surface area contributed by atoms with E-state index in [-0.39, 0.29) is 0 Å². The molecule has 0 bridgehead atoms. The highest BCUT2D eigenvalue weighted by Gasteiger charge is 2.14. The minimum atomic E-state index is 1.04. The van der Waals surface area contributed by atoms with E-state index in [1.807, 2.05) is 6.07 Å². The molecule has 2 nitrogen and oxygen atoms in total. The average molecular weight is 210 g/mol. The third-order valence-electron chi connectivity index (χ3n) is 3.07. The Morgan fingerprint density at radius 3 is 2.62 bits per heavy atom. The molecule has 0 atom stereocenters. The van der Waals surface area contributed by atoms with Gasteiger partial charge in [-0.15, -0.1) is 0 Å². The third-order valence-corrected chi connectivity index (χ3v) is 3.07. The zero-order chi connectivity index (χ0) is 11.0. The summed E-state index contributed by atoms with van der Waals surface area (Å²) in [6.45, 7) is 2.10. The molecule has 0 radical (unpaired) electrons. The van der Waals surface area contributed by atoms with E-state index in [0.717, 1.165) is 12.8 Å². The van der Waals surface area contributed by atoms with Gasteiger partial charge in [0.2, 0.25) is 0 Å². The molecule has 0 saturated carbocycles. The van der Waals surface area contributed by atoms with Crippen LogP contribution >= 0.6 is 0 Å². The van der Waals surface area contributed by atoms with Crippen LogP contribution in [0, 0.1) is 6.92 Å². The maximum Gasteiger partial charge on any atom is 0.0689 e. The Morgan fingerprint density at radius 2 is 1.81 bits per heavy atom. The molecule has 0 aliphatic carbocycles. The van der Waals surface area contributed by atoms with Crippen LogP contribution in [0.1, 0.15) is 23.4 Å². The molecule has 1 aliphatic heterocycles. The van der Waals surface area contributed by atoms with Crippen LogP contribution in [-0.4, -0.2) is 10.4 Å². The highest BCUT2D eigenvalue weighted by Crippen LogP contribution is 2.18. The summed E-state index contributed by atoms with van der Waals surface area (Å²) < 4.78 is 2.06. The first kappa shape index (κ1) is 9.40. The molecular formula is C14H14N2. The van der Waals surface area contributed by atoms with Crippen molar-refractivity contribution in [1.29, 1.82) is 0 Å². The van der Waals surface area contributed by atoms with Crippen molar-refractivity contribution in [3.63, 3.8) is 0 Å². The van der Waals surface area contributed by atoms with Gasteiger partial charge in [0.05, 0.1) is 5.71 Å². The van der Waals surface area contributed by atoms with Gasteiger partial charge in [0, 0.05) is 11.4 Å². The topological polar surface area (TPSA) is 17.3 Å². The van der Waals surface area contributed by atoms with Crippen LogP contribution in [0.2, 0.25) is 0 Å². The van der Waals surface area contributed by atoms with Gasteiger partial charge in [-0.2, -0.15) is 5.10 Å². The second-order valence-electron chi connectivity index (χ2n) is 4.19. The van der Waals surface area contributed by atoms with E-state index in [1.165, 1.54) is 22.7 Å². The van der Waals surface area contributed by atoms with E-state index in [1.54, 1.807) is 0 Å². The fourth-order valence-electron chi connectivity index (χ4n) is 2.17. The van der Waals surface area contributed by atoms with Crippen molar-refractivity contribution in [3.8, 4) is 0 Å². The maximum absolute atomic E-state index is 4.71. The average Bonchev–Trinajstić information content (AvgIpc) is 2.72. The van der Waals surface area contributed by atoms with E-state index in [2.05, 4.69) is 48.0 Å². The minimum absolute atomic E-state index is 1.04. The molecule has 0 amide bonds. The highest BCUT2D eigenvalue weighted by atomic mass is 15.4. The lowest BCUT2D eigenvalue weighted by atomic mass is 10.0. The lowest BCUT2D eigenvalue weighted by Gasteiger charge is -2.15. The lowest BCUT2D eigenvalue weighted by molar-refractivity contribution is 0.735. The molecule has 1 aromatic carbocycles. The first-order valence-electron chi connectivity index (χ1n) is 5.65. The van der Waals surface area contributed by atoms with Crippen molar-refractivity contribution in [2.45, 2.75) is 19.8 Å². The fraction of sp³-hybridized carbons (Fsp3) is 0.214. The molecule has 3 rings (SSSR count). The number of rotatable bonds is 1. The molecule has 16 heavy (non-hydrogen) atoms. The number of benzene rings is 1. The molecule has 0 fully saturated rings. The van der Waals surface area contributed by atoms with Gasteiger partial charge in [-0.1, -0.05) is 30.3 Å². The predicted octanol–water partition coefficient (Wildman–Crippen LogP) is 3.00. The van der Waals surface area contributed by atoms with Crippen molar-refractivity contribution in [2.75, 3.05) is 0 Å². The zero-order valence-electron chi connectivity index (χ0n) is 9.35. The summed E-state index contributed by atoms with van der Waals surface area (Å²) in [7, 11) is 0. The third kappa shape index (κ3) is 1.47. The van der Waals surface area contributed by atoms with Gasteiger partial charge in [-0.25, -0.2) is 4.68 Å². The summed E-state index contributed by atoms with van der Waals surface area (Å²) in [5.74, 6) is 0. The first-order chi connectivity index (χ1) is 7.84. The van der Waals surface area contributed by atoms with Gasteiger partial charge in [0.25, 0.3) is 0 Å². The molecule has 80 valence electrons. The Labute approximate surface area is 95.2 Å². The van der Waals surface area contributed by atoms with Crippen LogP contribution in [0.4, 0.5) is 0 Å². The molecule has 0 spiro atoms. The quantitative estimate of drug-likeness (QED) is 0.688. The first-order valence-corrected chi connectivity index (χ1v) is 5.65. The number of hydrogen-bond donors (Lipinski definition) is 0. The van der Waals surface area contributed by atoms with Crippen LogP contribution < -0.4 is 0 Å². The number of fused-ring (bicyclic) bond motifs is 1. The molecular weight excluding hydrogens is 196 g/mol. The Balaban J connectivity index is 2.07. The van der Waals surface area contributed by atoms with Crippen LogP contribution in [0.25, 0.3) is 0 Å². The van der Waals surface area contributed by atoms with E-state index >= 15 is 0 Å². The second kappa shape index (κ2) is 3.63. The largest absolute Gasteiger partial charge is 0.242 e. The highest BCUT2D eigenvalue weighted by molar-refractivity contribution is 6.01. The Kier molecular flexibility index (Phi) is 2.13. The normalized spacial score (nSPS) is 14.4. The van der Waals surface area contributed by atoms with Crippen molar-refractivity contribution in [1.82, 2.24) is 4.68 Å². The Hall–Kier alpha value is -1.83. The number of nitrogens with zero attached hydrogens (tertiary/aromatic N) is 2. The van der Waals surface area contributed by atoms with Crippen molar-refractivity contribution in [2.24, 2.45) is 5.10 Å². The SMILES string of the molecule is Cc1ccc2n1N=C(c1ccccc1)CC2. The van der Waals surface area contributed by atoms with Gasteiger partial charge in [0.15, 0.2) is 0 Å². The van der Waals surface area contributed by atoms with E-state index in [4.69, 9.17) is 5.10 Å². The standard InChI is InChI=1S/C14H14N2/c1-11-7-8-13-9-10-14(15-16(11)13)12-5-3-2-4-6-12/h2-8H,9-10H2,1H3. The Bertz CT molecular complexity index is 535. The van der Waals surface area contributed by atoms with E-state index in [9.17, 15) is 0 Å². The molecule has 1 aromatic heterocycles. The second-order valence-corrected chi connectivity index (χ2v) is 4.19. The van der Waals surface area contributed by atoms with Crippen molar-refractivity contribution in [3.05, 3.63) is 59.4 Å². The van der Waals surface area contributed by atoms with Gasteiger partial charge < -0.3 is 0 Å². The summed E-state index contributed by atoms with van der Waals surface area (Å²) in [4.78, 5) is 0. The molecule has 0 N–H and O–H groups in total. The fourth-order valence-corrected chi connectivity index (χ4v) is 2.17. The number of aryl methyl sites for hydroxylation is 2. The zero-order valence-corrected chi connectivity index (χ0v) is 9.35. The minimum Gasteiger partial charge on any atom is -0.242 e. The Morgan fingerprint density at radius 1 is 1.00 bits per heavy atom. The molecule has 0 saturated heterocycles. The van der Waals surface area contributed by atoms with Gasteiger partial charge in [0.1, 0.15) is 0 Å². The summed E-state index contributed by atoms with van der Waals surface area (Å²) >= 11 is 0. The predicted molar refractivity (Wildman–Crippen MR) is 65.9 cm³/mol. The van der Waals surface area contributed by atoms with Crippen LogP contribution in [-0.2, 0) is 6.42 Å². The molecule has 2 heterocycles. The maximum atomic E-state index is 4.71. The van der Waals surface area contributed by atoms with E-state index < -0.39 is 0 Å². The van der Waals surface area contributed by atoms with E-state index in [0.29, 0.717) is 0 Å². The molecule has 2 heteroatoms. The van der Waals surface area contributed by atoms with Crippen LogP contribution in [0.3, 0.4) is 0 Å². The van der Waals surface area contributed by atoms with Crippen molar-refractivity contribution < 1.29 is 0 Å². The smallest absolute Gasteiger partial charge is 0.0689 e. The number of aromatic nitrogens is 1. The van der Waals surface area contributed by atoms with Crippen LogP contribution in [0.15, 0.2) is 47.6 Å². The molecule has 1 aliphatic rings. The summed E-state index contributed by atoms with van der Waals surface area (Å²) in [5.41, 5.74) is 4.95. The van der Waals surface area contributed by atoms with Gasteiger partial charge in [-0.3, -0.25) is 0 Å². The summed E-state index contributed by atoms with van der Waals surface area (Å²) in [6.07, 6.45) is 2.12. The summed E-state index contributed by atoms with van der Waals surface area (Å²) in [5, 5.41) is 4.71. The van der Waals surface area contributed by atoms with Gasteiger partial charge >= 0.3 is 0 Å².